The van der Waals surface area contributed by atoms with Crippen LogP contribution in [0.15, 0.2) is 0 Å². The zero-order valence-corrected chi connectivity index (χ0v) is 6.76. The Morgan fingerprint density at radius 2 is 2.00 bits per heavy atom. The number of rotatable bonds is 3. The van der Waals surface area contributed by atoms with E-state index in [1.54, 1.807) is 0 Å². The van der Waals surface area contributed by atoms with Crippen molar-refractivity contribution in [3.63, 3.8) is 0 Å². The molecule has 0 N–H and O–H groups in total. The van der Waals surface area contributed by atoms with Gasteiger partial charge in [0.25, 0.3) is 0 Å². The van der Waals surface area contributed by atoms with Gasteiger partial charge in [-0.05, 0) is 6.92 Å². The normalized spacial score (nSPS) is 15.9. The van der Waals surface area contributed by atoms with Crippen molar-refractivity contribution in [2.75, 3.05) is 6.54 Å². The summed E-state index contributed by atoms with van der Waals surface area (Å²) in [5.74, 6) is 0. The Kier molecular flexibility index (Phi) is 3.23. The summed E-state index contributed by atoms with van der Waals surface area (Å²) < 4.78 is 36.6. The van der Waals surface area contributed by atoms with Crippen LogP contribution in [0.5, 0.6) is 0 Å². The molecular weight excluding hydrogens is 189 g/mol. The third-order valence-electron chi connectivity index (χ3n) is 1.63. The molecular formula is C6H7F3N2O2. The van der Waals surface area contributed by atoms with E-state index in [-0.39, 0.29) is 0 Å². The number of halogens is 3. The Labute approximate surface area is 72.1 Å². The first-order valence-corrected chi connectivity index (χ1v) is 3.28. The highest BCUT2D eigenvalue weighted by Gasteiger charge is 2.54. The van der Waals surface area contributed by atoms with E-state index in [4.69, 9.17) is 5.26 Å². The standard InChI is InChI=1S/C6H7F3N2O2/c1-5(2-3-10,4-11(12)13)6(7,8)9/h2,4H2,1H3. The van der Waals surface area contributed by atoms with Gasteiger partial charge in [0.1, 0.15) is 5.41 Å². The quantitative estimate of drug-likeness (QED) is 0.510. The van der Waals surface area contributed by atoms with E-state index in [1.807, 2.05) is 0 Å². The minimum absolute atomic E-state index is 0.666. The molecule has 0 saturated carbocycles. The number of hydrogen-bond donors (Lipinski definition) is 0. The summed E-state index contributed by atoms with van der Waals surface area (Å²) in [6.45, 7) is -0.608. The molecule has 0 aliphatic heterocycles. The van der Waals surface area contributed by atoms with E-state index < -0.39 is 29.5 Å². The van der Waals surface area contributed by atoms with Crippen molar-refractivity contribution in [3.8, 4) is 6.07 Å². The maximum atomic E-state index is 12.2. The molecule has 0 rings (SSSR count). The maximum Gasteiger partial charge on any atom is 0.401 e. The lowest BCUT2D eigenvalue weighted by Crippen LogP contribution is -2.40. The lowest BCUT2D eigenvalue weighted by Gasteiger charge is -2.24. The van der Waals surface area contributed by atoms with Gasteiger partial charge < -0.3 is 0 Å². The lowest BCUT2D eigenvalue weighted by molar-refractivity contribution is -0.509. The van der Waals surface area contributed by atoms with Crippen LogP contribution < -0.4 is 0 Å². The molecule has 74 valence electrons. The van der Waals surface area contributed by atoms with Crippen molar-refractivity contribution in [2.45, 2.75) is 19.5 Å². The number of nitro groups is 1. The summed E-state index contributed by atoms with van der Waals surface area (Å²) in [6.07, 6.45) is -5.63. The Morgan fingerprint density at radius 1 is 1.54 bits per heavy atom. The van der Waals surface area contributed by atoms with E-state index in [0.29, 0.717) is 6.92 Å². The van der Waals surface area contributed by atoms with Gasteiger partial charge in [-0.2, -0.15) is 18.4 Å². The summed E-state index contributed by atoms with van der Waals surface area (Å²) in [4.78, 5) is 8.87. The summed E-state index contributed by atoms with van der Waals surface area (Å²) in [6, 6.07) is 1.30. The fraction of sp³-hybridized carbons (Fsp3) is 0.833. The van der Waals surface area contributed by atoms with Gasteiger partial charge >= 0.3 is 6.18 Å². The van der Waals surface area contributed by atoms with Gasteiger partial charge in [0.05, 0.1) is 12.5 Å². The molecule has 0 aliphatic rings. The van der Waals surface area contributed by atoms with Crippen LogP contribution in [-0.2, 0) is 0 Å². The van der Waals surface area contributed by atoms with Gasteiger partial charge in [0.2, 0.25) is 6.54 Å². The molecule has 0 amide bonds. The van der Waals surface area contributed by atoms with Crippen LogP contribution in [0.1, 0.15) is 13.3 Å². The van der Waals surface area contributed by atoms with Gasteiger partial charge in [-0.15, -0.1) is 0 Å². The van der Waals surface area contributed by atoms with Gasteiger partial charge in [-0.25, -0.2) is 0 Å². The Hall–Kier alpha value is -1.32. The zero-order valence-electron chi connectivity index (χ0n) is 6.76. The van der Waals surface area contributed by atoms with Gasteiger partial charge in [-0.3, -0.25) is 10.1 Å². The molecule has 0 aromatic carbocycles. The molecule has 0 aromatic rings. The highest BCUT2D eigenvalue weighted by molar-refractivity contribution is 4.90. The second-order valence-electron chi connectivity index (χ2n) is 2.88. The Bertz CT molecular complexity index is 245. The SMILES string of the molecule is CC(CC#N)(C[N+](=O)[O-])C(F)(F)F. The Morgan fingerprint density at radius 3 is 2.23 bits per heavy atom. The van der Waals surface area contributed by atoms with Crippen molar-refractivity contribution in [1.29, 1.82) is 5.26 Å². The third-order valence-corrected chi connectivity index (χ3v) is 1.63. The lowest BCUT2D eigenvalue weighted by atomic mass is 9.87. The number of alkyl halides is 3. The molecule has 0 aliphatic carbocycles. The van der Waals surface area contributed by atoms with Crippen LogP contribution >= 0.6 is 0 Å². The summed E-state index contributed by atoms with van der Waals surface area (Å²) >= 11 is 0. The van der Waals surface area contributed by atoms with E-state index in [2.05, 4.69) is 0 Å². The van der Waals surface area contributed by atoms with Gasteiger partial charge in [0, 0.05) is 4.92 Å². The molecule has 0 saturated heterocycles. The van der Waals surface area contributed by atoms with Crippen molar-refractivity contribution < 1.29 is 18.1 Å². The second kappa shape index (κ2) is 3.60. The van der Waals surface area contributed by atoms with E-state index >= 15 is 0 Å². The second-order valence-corrected chi connectivity index (χ2v) is 2.88. The van der Waals surface area contributed by atoms with Crippen LogP contribution in [0.25, 0.3) is 0 Å². The fourth-order valence-corrected chi connectivity index (χ4v) is 0.705. The molecule has 7 heteroatoms. The predicted octanol–water partition coefficient (Wildman–Crippen LogP) is 1.75. The summed E-state index contributed by atoms with van der Waals surface area (Å²) in [5, 5.41) is 18.0. The molecule has 0 aromatic heterocycles. The predicted molar refractivity (Wildman–Crippen MR) is 36.3 cm³/mol. The fourth-order valence-electron chi connectivity index (χ4n) is 0.705. The molecule has 1 unspecified atom stereocenters. The van der Waals surface area contributed by atoms with Gasteiger partial charge in [-0.1, -0.05) is 0 Å². The highest BCUT2D eigenvalue weighted by Crippen LogP contribution is 2.40. The first-order valence-electron chi connectivity index (χ1n) is 3.28. The molecule has 0 spiro atoms. The summed E-state index contributed by atoms with van der Waals surface area (Å²) in [5.41, 5.74) is -2.55. The Balaban J connectivity index is 4.75. The monoisotopic (exact) mass is 196 g/mol. The van der Waals surface area contributed by atoms with Crippen LogP contribution in [-0.4, -0.2) is 17.6 Å². The molecule has 13 heavy (non-hydrogen) atoms. The van der Waals surface area contributed by atoms with Crippen molar-refractivity contribution in [2.24, 2.45) is 5.41 Å². The minimum Gasteiger partial charge on any atom is -0.265 e. The first kappa shape index (κ1) is 11.7. The first-order chi connectivity index (χ1) is 5.73. The summed E-state index contributed by atoms with van der Waals surface area (Å²) in [7, 11) is 0. The largest absolute Gasteiger partial charge is 0.401 e. The van der Waals surface area contributed by atoms with Crippen LogP contribution in [0.4, 0.5) is 13.2 Å². The minimum atomic E-state index is -4.73. The molecule has 4 nitrogen and oxygen atoms in total. The highest BCUT2D eigenvalue weighted by atomic mass is 19.4. The van der Waals surface area contributed by atoms with Crippen molar-refractivity contribution >= 4 is 0 Å². The molecule has 1 atom stereocenters. The average Bonchev–Trinajstić information content (AvgIpc) is 1.82. The molecule has 0 heterocycles. The zero-order chi connectivity index (χ0) is 10.7. The van der Waals surface area contributed by atoms with Crippen molar-refractivity contribution in [1.82, 2.24) is 0 Å². The van der Waals surface area contributed by atoms with Crippen LogP contribution in [0, 0.1) is 26.9 Å². The van der Waals surface area contributed by atoms with E-state index in [0.717, 1.165) is 0 Å². The number of nitrogens with zero attached hydrogens (tertiary/aromatic N) is 2. The van der Waals surface area contributed by atoms with E-state index in [9.17, 15) is 23.3 Å². The number of hydrogen-bond acceptors (Lipinski definition) is 3. The van der Waals surface area contributed by atoms with Crippen LogP contribution in [0.2, 0.25) is 0 Å². The van der Waals surface area contributed by atoms with Crippen molar-refractivity contribution in [3.05, 3.63) is 10.1 Å². The number of nitriles is 1. The maximum absolute atomic E-state index is 12.2. The molecule has 0 fully saturated rings. The van der Waals surface area contributed by atoms with Gasteiger partial charge in [0.15, 0.2) is 0 Å². The third kappa shape index (κ3) is 2.89. The molecule has 0 bridgehead atoms. The van der Waals surface area contributed by atoms with E-state index in [1.165, 1.54) is 6.07 Å². The topological polar surface area (TPSA) is 66.9 Å². The average molecular weight is 196 g/mol. The smallest absolute Gasteiger partial charge is 0.265 e. The molecule has 0 radical (unpaired) electrons. The van der Waals surface area contributed by atoms with Crippen LogP contribution in [0.3, 0.4) is 0 Å².